The van der Waals surface area contributed by atoms with Crippen molar-refractivity contribution in [3.8, 4) is 0 Å². The SMILES string of the molecule is C/C(=C\I)[C@@H](C)[C@@H](O)CO[Si](C)(C)C(C)(C)C. The Hall–Kier alpha value is 0.607. The largest absolute Gasteiger partial charge is 0.414 e. The summed E-state index contributed by atoms with van der Waals surface area (Å²) in [5.41, 5.74) is 1.21. The quantitative estimate of drug-likeness (QED) is 0.576. The summed E-state index contributed by atoms with van der Waals surface area (Å²) in [6.45, 7) is 15.6. The van der Waals surface area contributed by atoms with E-state index in [2.05, 4.69) is 56.5 Å². The molecule has 0 fully saturated rings. The topological polar surface area (TPSA) is 29.5 Å². The fourth-order valence-electron chi connectivity index (χ4n) is 1.06. The van der Waals surface area contributed by atoms with Gasteiger partial charge in [-0.3, -0.25) is 0 Å². The van der Waals surface area contributed by atoms with Crippen LogP contribution >= 0.6 is 22.6 Å². The first-order valence-electron chi connectivity index (χ1n) is 6.12. The second-order valence-corrected chi connectivity index (χ2v) is 11.7. The molecule has 0 saturated carbocycles. The molecule has 0 rings (SSSR count). The van der Waals surface area contributed by atoms with Gasteiger partial charge < -0.3 is 9.53 Å². The van der Waals surface area contributed by atoms with Crippen LogP contribution in [0.4, 0.5) is 0 Å². The van der Waals surface area contributed by atoms with Crippen molar-refractivity contribution in [1.29, 1.82) is 0 Å². The predicted molar refractivity (Wildman–Crippen MR) is 86.1 cm³/mol. The molecule has 0 aromatic rings. The van der Waals surface area contributed by atoms with Crippen molar-refractivity contribution >= 4 is 30.9 Å². The molecule has 0 amide bonds. The Balaban J connectivity index is 4.40. The van der Waals surface area contributed by atoms with Crippen LogP contribution in [0.2, 0.25) is 18.1 Å². The van der Waals surface area contributed by atoms with Gasteiger partial charge in [0, 0.05) is 5.92 Å². The van der Waals surface area contributed by atoms with Crippen LogP contribution in [0, 0.1) is 5.92 Å². The molecule has 0 bridgehead atoms. The summed E-state index contributed by atoms with van der Waals surface area (Å²) in [6.07, 6.45) is -0.407. The van der Waals surface area contributed by atoms with Crippen molar-refractivity contribution in [3.63, 3.8) is 0 Å². The molecule has 0 unspecified atom stereocenters. The number of hydrogen-bond acceptors (Lipinski definition) is 2. The van der Waals surface area contributed by atoms with Gasteiger partial charge in [0.2, 0.25) is 0 Å². The van der Waals surface area contributed by atoms with Gasteiger partial charge in [0.1, 0.15) is 0 Å². The van der Waals surface area contributed by atoms with E-state index in [0.717, 1.165) is 0 Å². The summed E-state index contributed by atoms with van der Waals surface area (Å²) < 4.78 is 8.06. The highest BCUT2D eigenvalue weighted by atomic mass is 127. The van der Waals surface area contributed by atoms with E-state index in [4.69, 9.17) is 4.43 Å². The molecule has 1 N–H and O–H groups in total. The van der Waals surface area contributed by atoms with Gasteiger partial charge in [0.25, 0.3) is 0 Å². The standard InChI is InChI=1S/C13H27IO2Si/c1-10(8-14)11(2)12(15)9-16-17(6,7)13(3,4)5/h8,11-12,15H,9H2,1-7H3/b10-8+/t11-,12+/m1/s1. The number of aliphatic hydroxyl groups excluding tert-OH is 1. The van der Waals surface area contributed by atoms with Gasteiger partial charge >= 0.3 is 0 Å². The number of halogens is 1. The van der Waals surface area contributed by atoms with E-state index < -0.39 is 14.4 Å². The molecule has 17 heavy (non-hydrogen) atoms. The third kappa shape index (κ3) is 5.40. The Morgan fingerprint density at radius 2 is 1.88 bits per heavy atom. The van der Waals surface area contributed by atoms with E-state index in [0.29, 0.717) is 6.61 Å². The first-order chi connectivity index (χ1) is 7.53. The van der Waals surface area contributed by atoms with Gasteiger partial charge in [0.05, 0.1) is 12.7 Å². The minimum atomic E-state index is -1.74. The van der Waals surface area contributed by atoms with E-state index in [1.807, 2.05) is 17.9 Å². The summed E-state index contributed by atoms with van der Waals surface area (Å²) >= 11 is 2.21. The molecule has 0 aliphatic heterocycles. The molecule has 2 atom stereocenters. The van der Waals surface area contributed by atoms with Gasteiger partial charge in [-0.2, -0.15) is 0 Å². The van der Waals surface area contributed by atoms with E-state index in [9.17, 15) is 5.11 Å². The maximum absolute atomic E-state index is 10.1. The highest BCUT2D eigenvalue weighted by molar-refractivity contribution is 14.1. The van der Waals surface area contributed by atoms with Gasteiger partial charge in [-0.1, -0.05) is 55.9 Å². The average molecular weight is 370 g/mol. The van der Waals surface area contributed by atoms with Crippen LogP contribution < -0.4 is 0 Å². The summed E-state index contributed by atoms with van der Waals surface area (Å²) in [5.74, 6) is 0.164. The highest BCUT2D eigenvalue weighted by Gasteiger charge is 2.37. The van der Waals surface area contributed by atoms with Gasteiger partial charge in [-0.05, 0) is 29.1 Å². The molecule has 0 aliphatic rings. The average Bonchev–Trinajstić information content (AvgIpc) is 2.22. The van der Waals surface area contributed by atoms with Crippen LogP contribution in [0.3, 0.4) is 0 Å². The molecule has 2 nitrogen and oxygen atoms in total. The zero-order valence-electron chi connectivity index (χ0n) is 12.2. The Morgan fingerprint density at radius 1 is 1.41 bits per heavy atom. The maximum atomic E-state index is 10.1. The third-order valence-corrected chi connectivity index (χ3v) is 9.37. The van der Waals surface area contributed by atoms with Gasteiger partial charge in [-0.25, -0.2) is 0 Å². The van der Waals surface area contributed by atoms with E-state index in [1.165, 1.54) is 5.57 Å². The van der Waals surface area contributed by atoms with Crippen LogP contribution in [0.5, 0.6) is 0 Å². The second kappa shape index (κ2) is 6.68. The van der Waals surface area contributed by atoms with Crippen LogP contribution in [0.1, 0.15) is 34.6 Å². The molecular weight excluding hydrogens is 343 g/mol. The molecule has 0 saturated heterocycles. The van der Waals surface area contributed by atoms with Crippen LogP contribution in [0.15, 0.2) is 9.66 Å². The molecular formula is C13H27IO2Si. The number of rotatable bonds is 5. The Labute approximate surface area is 121 Å². The normalized spacial score (nSPS) is 18.1. The van der Waals surface area contributed by atoms with Crippen LogP contribution in [0.25, 0.3) is 0 Å². The Kier molecular flexibility index (Phi) is 6.92. The zero-order chi connectivity index (χ0) is 13.9. The predicted octanol–water partition coefficient (Wildman–Crippen LogP) is 4.34. The Bertz CT molecular complexity index is 269. The minimum Gasteiger partial charge on any atom is -0.414 e. The molecule has 4 heteroatoms. The van der Waals surface area contributed by atoms with Crippen molar-refractivity contribution in [1.82, 2.24) is 0 Å². The van der Waals surface area contributed by atoms with Crippen molar-refractivity contribution in [2.45, 2.75) is 58.9 Å². The molecule has 0 aromatic heterocycles. The first kappa shape index (κ1) is 17.6. The lowest BCUT2D eigenvalue weighted by molar-refractivity contribution is 0.0697. The molecule has 0 radical (unpaired) electrons. The van der Waals surface area contributed by atoms with Crippen molar-refractivity contribution < 1.29 is 9.53 Å². The van der Waals surface area contributed by atoms with Gasteiger partial charge in [0.15, 0.2) is 8.32 Å². The smallest absolute Gasteiger partial charge is 0.192 e. The van der Waals surface area contributed by atoms with Crippen molar-refractivity contribution in [3.05, 3.63) is 9.66 Å². The first-order valence-corrected chi connectivity index (χ1v) is 10.3. The lowest BCUT2D eigenvalue weighted by atomic mass is 9.99. The van der Waals surface area contributed by atoms with Crippen molar-refractivity contribution in [2.75, 3.05) is 6.61 Å². The number of hydrogen-bond donors (Lipinski definition) is 1. The highest BCUT2D eigenvalue weighted by Crippen LogP contribution is 2.36. The van der Waals surface area contributed by atoms with E-state index in [1.54, 1.807) is 0 Å². The van der Waals surface area contributed by atoms with Crippen LogP contribution in [-0.4, -0.2) is 26.1 Å². The molecule has 0 spiro atoms. The second-order valence-electron chi connectivity index (χ2n) is 6.28. The van der Waals surface area contributed by atoms with Crippen molar-refractivity contribution in [2.24, 2.45) is 5.92 Å². The fourth-order valence-corrected chi connectivity index (χ4v) is 2.65. The molecule has 0 aliphatic carbocycles. The van der Waals surface area contributed by atoms with Crippen LogP contribution in [-0.2, 0) is 4.43 Å². The summed E-state index contributed by atoms with van der Waals surface area (Å²) in [5, 5.41) is 10.3. The summed E-state index contributed by atoms with van der Waals surface area (Å²) in [7, 11) is -1.74. The Morgan fingerprint density at radius 3 is 2.24 bits per heavy atom. The van der Waals surface area contributed by atoms with Gasteiger partial charge in [-0.15, -0.1) is 0 Å². The summed E-state index contributed by atoms with van der Waals surface area (Å²) in [6, 6.07) is 0. The molecule has 0 aromatic carbocycles. The minimum absolute atomic E-state index is 0.164. The fraction of sp³-hybridized carbons (Fsp3) is 0.846. The zero-order valence-corrected chi connectivity index (χ0v) is 15.3. The molecule has 102 valence electrons. The maximum Gasteiger partial charge on any atom is 0.192 e. The lowest BCUT2D eigenvalue weighted by Crippen LogP contribution is -2.43. The third-order valence-electron chi connectivity index (χ3n) is 3.89. The molecule has 0 heterocycles. The van der Waals surface area contributed by atoms with E-state index >= 15 is 0 Å². The lowest BCUT2D eigenvalue weighted by Gasteiger charge is -2.37. The number of aliphatic hydroxyl groups is 1. The monoisotopic (exact) mass is 370 g/mol. The van der Waals surface area contributed by atoms with E-state index in [-0.39, 0.29) is 11.0 Å². The summed E-state index contributed by atoms with van der Waals surface area (Å²) in [4.78, 5) is 0.